The highest BCUT2D eigenvalue weighted by atomic mass is 16.6. The van der Waals surface area contributed by atoms with Gasteiger partial charge in [0, 0.05) is 0 Å². The molecule has 0 aliphatic carbocycles. The van der Waals surface area contributed by atoms with Crippen molar-refractivity contribution in [3.05, 3.63) is 23.8 Å². The molecule has 0 heterocycles. The summed E-state index contributed by atoms with van der Waals surface area (Å²) < 4.78 is 10.3. The predicted octanol–water partition coefficient (Wildman–Crippen LogP) is 2.23. The van der Waals surface area contributed by atoms with Gasteiger partial charge in [0.15, 0.2) is 5.75 Å². The van der Waals surface area contributed by atoms with Crippen LogP contribution in [0.15, 0.2) is 18.2 Å². The average Bonchev–Trinajstić information content (AvgIpc) is 2.14. The number of para-hydroxylation sites is 1. The van der Waals surface area contributed by atoms with Gasteiger partial charge in [0.1, 0.15) is 11.2 Å². The van der Waals surface area contributed by atoms with Gasteiger partial charge < -0.3 is 15.2 Å². The van der Waals surface area contributed by atoms with Crippen molar-refractivity contribution in [1.29, 1.82) is 0 Å². The lowest BCUT2D eigenvalue weighted by atomic mass is 10.1. The zero-order valence-corrected chi connectivity index (χ0v) is 10.0. The van der Waals surface area contributed by atoms with E-state index in [0.717, 1.165) is 0 Å². The summed E-state index contributed by atoms with van der Waals surface area (Å²) in [6.07, 6.45) is 0. The first kappa shape index (κ1) is 12.4. The summed E-state index contributed by atoms with van der Waals surface area (Å²) in [4.78, 5) is 11.8. The van der Waals surface area contributed by atoms with Gasteiger partial charge in [-0.2, -0.15) is 0 Å². The van der Waals surface area contributed by atoms with E-state index in [-0.39, 0.29) is 0 Å². The normalized spacial score (nSPS) is 11.0. The number of carbonyl (C=O) groups excluding carboxylic acids is 1. The molecule has 2 N–H and O–H groups in total. The highest BCUT2D eigenvalue weighted by molar-refractivity contribution is 5.94. The van der Waals surface area contributed by atoms with Crippen LogP contribution in [0.4, 0.5) is 5.69 Å². The molecule has 0 unspecified atom stereocenters. The van der Waals surface area contributed by atoms with Gasteiger partial charge in [0.05, 0.1) is 12.8 Å². The van der Waals surface area contributed by atoms with Crippen LogP contribution in [0.1, 0.15) is 31.1 Å². The second kappa shape index (κ2) is 4.43. The van der Waals surface area contributed by atoms with E-state index in [0.29, 0.717) is 17.0 Å². The first-order valence-corrected chi connectivity index (χ1v) is 5.01. The minimum Gasteiger partial charge on any atom is -0.494 e. The third-order valence-electron chi connectivity index (χ3n) is 1.87. The first-order valence-electron chi connectivity index (χ1n) is 5.01. The van der Waals surface area contributed by atoms with Gasteiger partial charge in [-0.05, 0) is 32.9 Å². The van der Waals surface area contributed by atoms with E-state index in [9.17, 15) is 4.79 Å². The molecule has 0 saturated carbocycles. The first-order chi connectivity index (χ1) is 7.35. The second-order valence-electron chi connectivity index (χ2n) is 4.43. The van der Waals surface area contributed by atoms with Crippen molar-refractivity contribution in [3.63, 3.8) is 0 Å². The monoisotopic (exact) mass is 223 g/mol. The Morgan fingerprint density at radius 3 is 2.44 bits per heavy atom. The highest BCUT2D eigenvalue weighted by Crippen LogP contribution is 2.27. The molecule has 0 aliphatic heterocycles. The van der Waals surface area contributed by atoms with Crippen molar-refractivity contribution < 1.29 is 14.3 Å². The van der Waals surface area contributed by atoms with Crippen LogP contribution >= 0.6 is 0 Å². The van der Waals surface area contributed by atoms with Gasteiger partial charge in [0.2, 0.25) is 0 Å². The van der Waals surface area contributed by atoms with Crippen molar-refractivity contribution >= 4 is 11.7 Å². The zero-order chi connectivity index (χ0) is 12.3. The third-order valence-corrected chi connectivity index (χ3v) is 1.87. The SMILES string of the molecule is COc1c(N)cccc1C(=O)OC(C)(C)C. The number of anilines is 1. The fourth-order valence-corrected chi connectivity index (χ4v) is 1.28. The quantitative estimate of drug-likeness (QED) is 0.617. The second-order valence-corrected chi connectivity index (χ2v) is 4.43. The smallest absolute Gasteiger partial charge is 0.342 e. The van der Waals surface area contributed by atoms with Crippen molar-refractivity contribution in [2.45, 2.75) is 26.4 Å². The minimum absolute atomic E-state index is 0.345. The van der Waals surface area contributed by atoms with Gasteiger partial charge in [-0.3, -0.25) is 0 Å². The van der Waals surface area contributed by atoms with Crippen molar-refractivity contribution in [3.8, 4) is 5.75 Å². The van der Waals surface area contributed by atoms with Crippen molar-refractivity contribution in [2.24, 2.45) is 0 Å². The maximum atomic E-state index is 11.8. The number of hydrogen-bond donors (Lipinski definition) is 1. The van der Waals surface area contributed by atoms with Crippen LogP contribution in [0.5, 0.6) is 5.75 Å². The molecule has 4 heteroatoms. The van der Waals surface area contributed by atoms with E-state index in [1.54, 1.807) is 18.2 Å². The molecule has 1 rings (SSSR count). The Morgan fingerprint density at radius 2 is 1.94 bits per heavy atom. The Bertz CT molecular complexity index is 394. The van der Waals surface area contributed by atoms with Crippen molar-refractivity contribution in [1.82, 2.24) is 0 Å². The van der Waals surface area contributed by atoms with E-state index in [1.807, 2.05) is 20.8 Å². The molecule has 0 atom stereocenters. The predicted molar refractivity (Wildman–Crippen MR) is 62.6 cm³/mol. The lowest BCUT2D eigenvalue weighted by molar-refractivity contribution is 0.00666. The number of methoxy groups -OCH3 is 1. The van der Waals surface area contributed by atoms with Crippen LogP contribution in [0.25, 0.3) is 0 Å². The lowest BCUT2D eigenvalue weighted by Crippen LogP contribution is -2.24. The summed E-state index contributed by atoms with van der Waals surface area (Å²) in [6.45, 7) is 5.43. The molecule has 0 amide bonds. The van der Waals surface area contributed by atoms with E-state index in [1.165, 1.54) is 7.11 Å². The maximum Gasteiger partial charge on any atom is 0.342 e. The molecule has 0 aliphatic rings. The number of esters is 1. The van der Waals surface area contributed by atoms with Crippen molar-refractivity contribution in [2.75, 3.05) is 12.8 Å². The Balaban J connectivity index is 3.04. The van der Waals surface area contributed by atoms with Gasteiger partial charge in [-0.25, -0.2) is 4.79 Å². The highest BCUT2D eigenvalue weighted by Gasteiger charge is 2.21. The molecule has 0 aromatic heterocycles. The van der Waals surface area contributed by atoms with Gasteiger partial charge in [0.25, 0.3) is 0 Å². The van der Waals surface area contributed by atoms with Crippen LogP contribution in [-0.2, 0) is 4.74 Å². The molecule has 4 nitrogen and oxygen atoms in total. The van der Waals surface area contributed by atoms with Crippen LogP contribution in [0, 0.1) is 0 Å². The minimum atomic E-state index is -0.535. The summed E-state index contributed by atoms with van der Waals surface area (Å²) in [6, 6.07) is 4.99. The Morgan fingerprint density at radius 1 is 1.31 bits per heavy atom. The number of nitrogen functional groups attached to an aromatic ring is 1. The third kappa shape index (κ3) is 2.89. The Kier molecular flexibility index (Phi) is 3.42. The van der Waals surface area contributed by atoms with Crippen LogP contribution in [0.3, 0.4) is 0 Å². The number of hydrogen-bond acceptors (Lipinski definition) is 4. The summed E-state index contributed by atoms with van der Waals surface area (Å²) >= 11 is 0. The summed E-state index contributed by atoms with van der Waals surface area (Å²) in [5, 5.41) is 0. The molecule has 1 aromatic rings. The number of rotatable bonds is 2. The zero-order valence-electron chi connectivity index (χ0n) is 10.0. The molecule has 0 radical (unpaired) electrons. The van der Waals surface area contributed by atoms with Crippen LogP contribution in [-0.4, -0.2) is 18.7 Å². The molecule has 1 aromatic carbocycles. The molecular formula is C12H17NO3. The summed E-state index contributed by atoms with van der Waals surface area (Å²) in [7, 11) is 1.47. The fourth-order valence-electron chi connectivity index (χ4n) is 1.28. The molecule has 0 fully saturated rings. The maximum absolute atomic E-state index is 11.8. The van der Waals surface area contributed by atoms with Gasteiger partial charge in [-0.15, -0.1) is 0 Å². The average molecular weight is 223 g/mol. The molecular weight excluding hydrogens is 206 g/mol. The van der Waals surface area contributed by atoms with Crippen LogP contribution in [0.2, 0.25) is 0 Å². The largest absolute Gasteiger partial charge is 0.494 e. The van der Waals surface area contributed by atoms with E-state index >= 15 is 0 Å². The van der Waals surface area contributed by atoms with Crippen LogP contribution < -0.4 is 10.5 Å². The number of nitrogens with two attached hydrogens (primary N) is 1. The molecule has 16 heavy (non-hydrogen) atoms. The number of ether oxygens (including phenoxy) is 2. The molecule has 0 saturated heterocycles. The summed E-state index contributed by atoms with van der Waals surface area (Å²) in [5.41, 5.74) is 5.93. The Hall–Kier alpha value is -1.71. The van der Waals surface area contributed by atoms with E-state index in [4.69, 9.17) is 15.2 Å². The van der Waals surface area contributed by atoms with Gasteiger partial charge in [-0.1, -0.05) is 6.07 Å². The topological polar surface area (TPSA) is 61.5 Å². The fraction of sp³-hybridized carbons (Fsp3) is 0.417. The number of benzene rings is 1. The van der Waals surface area contributed by atoms with E-state index < -0.39 is 11.6 Å². The lowest BCUT2D eigenvalue weighted by Gasteiger charge is -2.20. The Labute approximate surface area is 95.3 Å². The number of carbonyl (C=O) groups is 1. The van der Waals surface area contributed by atoms with Gasteiger partial charge >= 0.3 is 5.97 Å². The molecule has 0 bridgehead atoms. The van der Waals surface area contributed by atoms with E-state index in [2.05, 4.69) is 0 Å². The summed E-state index contributed by atoms with van der Waals surface area (Å²) in [5.74, 6) is -0.0756. The molecule has 88 valence electrons. The molecule has 0 spiro atoms. The standard InChI is InChI=1S/C12H17NO3/c1-12(2,3)16-11(14)8-6-5-7-9(13)10(8)15-4/h5-7H,13H2,1-4H3.